The third-order valence-corrected chi connectivity index (χ3v) is 19.1. The Morgan fingerprint density at radius 2 is 0.884 bits per heavy atom. The maximum atomic E-state index is 14.0. The number of aryl methyl sites for hydroxylation is 4. The number of amides is 6. The van der Waals surface area contributed by atoms with Crippen LogP contribution in [0.4, 0.5) is 21.0 Å². The highest BCUT2D eigenvalue weighted by atomic mass is 35.5. The molecule has 0 saturated carbocycles. The van der Waals surface area contributed by atoms with Crippen molar-refractivity contribution in [3.05, 3.63) is 164 Å². The number of fused-ring (bicyclic) bond motifs is 6. The van der Waals surface area contributed by atoms with E-state index in [4.69, 9.17) is 23.2 Å². The molecular formula is C70H80Cl2N10O4. The van der Waals surface area contributed by atoms with Crippen molar-refractivity contribution < 1.29 is 19.2 Å². The fourth-order valence-corrected chi connectivity index (χ4v) is 14.8. The summed E-state index contributed by atoms with van der Waals surface area (Å²) in [5, 5.41) is 14.3. The highest BCUT2D eigenvalue weighted by molar-refractivity contribution is 6.33. The van der Waals surface area contributed by atoms with Crippen molar-refractivity contribution in [2.45, 2.75) is 167 Å². The summed E-state index contributed by atoms with van der Waals surface area (Å²) in [7, 11) is 0. The molecular weight excluding hydrogens is 1120 g/mol. The molecule has 12 rings (SSSR count). The number of nitrogens with zero attached hydrogens (tertiary/aromatic N) is 4. The molecule has 4 aromatic heterocycles. The maximum Gasteiger partial charge on any atom is 0.319 e. The topological polar surface area (TPSA) is 180 Å². The van der Waals surface area contributed by atoms with Crippen LogP contribution in [-0.2, 0) is 20.4 Å². The number of aromatic amines is 2. The van der Waals surface area contributed by atoms with Gasteiger partial charge in [-0.25, -0.2) is 14.6 Å². The van der Waals surface area contributed by atoms with Crippen molar-refractivity contribution >= 4 is 80.3 Å². The molecule has 8 heterocycles. The summed E-state index contributed by atoms with van der Waals surface area (Å²) in [6, 6.07) is 33.5. The Bertz CT molecular complexity index is 3810. The molecule has 4 aliphatic rings. The fraction of sp³-hybridized carbons (Fsp3) is 0.400. The molecule has 4 aliphatic heterocycles. The van der Waals surface area contributed by atoms with Crippen LogP contribution in [0.25, 0.3) is 44.3 Å². The summed E-state index contributed by atoms with van der Waals surface area (Å²) in [5.74, 6) is 0.400. The molecule has 6 N–H and O–H groups in total. The lowest BCUT2D eigenvalue weighted by molar-refractivity contribution is -0.138. The number of pyridine rings is 2. The summed E-state index contributed by atoms with van der Waals surface area (Å²) in [4.78, 5) is 73.3. The lowest BCUT2D eigenvalue weighted by Gasteiger charge is -2.33. The van der Waals surface area contributed by atoms with Crippen LogP contribution in [-0.4, -0.2) is 90.9 Å². The SMILES string of the molecule is Cc1cc(C)cc(-c2[nH]c3ccc(C(C)(C)C(=O)N4C5CCC4CC5)cc3c2[C@H](C)CNC(=O)Nc2cc(Cl)nc(Cl)c2)c1.Cc1cc(C)cc(-c2[nH]c3ccc(C(C)(C)C(=O)N4C5CCC4CC5)cc3c2[C@H](C)CNC(=O)Nc2ccncc2)c1. The number of halogens is 2. The normalized spacial score (nSPS) is 18.7. The van der Waals surface area contributed by atoms with Crippen molar-refractivity contribution in [3.63, 3.8) is 0 Å². The van der Waals surface area contributed by atoms with Crippen LogP contribution >= 0.6 is 23.2 Å². The van der Waals surface area contributed by atoms with Crippen LogP contribution in [0.1, 0.15) is 149 Å². The Balaban J connectivity index is 0.000000179. The number of hydrogen-bond acceptors (Lipinski definition) is 6. The first-order chi connectivity index (χ1) is 41.0. The van der Waals surface area contributed by atoms with E-state index in [0.29, 0.717) is 48.6 Å². The van der Waals surface area contributed by atoms with Crippen LogP contribution in [0.2, 0.25) is 10.3 Å². The van der Waals surface area contributed by atoms with Crippen molar-refractivity contribution in [3.8, 4) is 22.5 Å². The lowest BCUT2D eigenvalue weighted by atomic mass is 9.81. The first-order valence-electron chi connectivity index (χ1n) is 30.5. The Labute approximate surface area is 515 Å². The number of urea groups is 2. The third-order valence-electron chi connectivity index (χ3n) is 18.7. The highest BCUT2D eigenvalue weighted by Crippen LogP contribution is 2.45. The number of aromatic nitrogens is 4. The number of nitrogens with one attached hydrogen (secondary N) is 6. The molecule has 4 bridgehead atoms. The van der Waals surface area contributed by atoms with Gasteiger partial charge in [0, 0.05) is 94.7 Å². The Morgan fingerprint density at radius 3 is 1.26 bits per heavy atom. The highest BCUT2D eigenvalue weighted by Gasteiger charge is 2.48. The monoisotopic (exact) mass is 1190 g/mol. The van der Waals surface area contributed by atoms with Gasteiger partial charge < -0.3 is 41.0 Å². The minimum atomic E-state index is -0.664. The van der Waals surface area contributed by atoms with E-state index in [1.165, 1.54) is 22.3 Å². The minimum Gasteiger partial charge on any atom is -0.354 e. The van der Waals surface area contributed by atoms with Crippen LogP contribution in [0, 0.1) is 27.7 Å². The molecule has 86 heavy (non-hydrogen) atoms. The number of carbonyl (C=O) groups excluding carboxylic acids is 4. The predicted octanol–water partition coefficient (Wildman–Crippen LogP) is 15.7. The average Bonchev–Trinajstić information content (AvgIpc) is 1.99. The van der Waals surface area contributed by atoms with Gasteiger partial charge in [0.25, 0.3) is 0 Å². The van der Waals surface area contributed by atoms with E-state index in [1.54, 1.807) is 36.7 Å². The van der Waals surface area contributed by atoms with E-state index in [2.05, 4.69) is 193 Å². The molecule has 16 heteroatoms. The van der Waals surface area contributed by atoms with E-state index < -0.39 is 10.8 Å². The minimum absolute atomic E-state index is 0.00116. The second-order valence-corrected chi connectivity index (χ2v) is 26.7. The van der Waals surface area contributed by atoms with Gasteiger partial charge in [0.2, 0.25) is 11.8 Å². The summed E-state index contributed by atoms with van der Waals surface area (Å²) < 4.78 is 0. The number of H-pyrrole nitrogens is 2. The van der Waals surface area contributed by atoms with Gasteiger partial charge in [0.15, 0.2) is 0 Å². The molecule has 4 fully saturated rings. The molecule has 6 amide bonds. The van der Waals surface area contributed by atoms with Crippen molar-refractivity contribution in [2.24, 2.45) is 0 Å². The molecule has 8 aromatic rings. The van der Waals surface area contributed by atoms with Gasteiger partial charge in [-0.1, -0.05) is 83.6 Å². The fourth-order valence-electron chi connectivity index (χ4n) is 14.3. The van der Waals surface area contributed by atoms with Gasteiger partial charge in [-0.3, -0.25) is 14.6 Å². The number of benzene rings is 4. The van der Waals surface area contributed by atoms with Crippen molar-refractivity contribution in [2.75, 3.05) is 23.7 Å². The number of rotatable bonds is 14. The van der Waals surface area contributed by atoms with Crippen LogP contribution < -0.4 is 21.3 Å². The molecule has 4 saturated heterocycles. The first-order valence-corrected chi connectivity index (χ1v) is 31.3. The number of carbonyl (C=O) groups is 4. The largest absolute Gasteiger partial charge is 0.354 e. The van der Waals surface area contributed by atoms with Crippen LogP contribution in [0.5, 0.6) is 0 Å². The second kappa shape index (κ2) is 24.2. The molecule has 14 nitrogen and oxygen atoms in total. The Hall–Kier alpha value is -7.68. The number of hydrogen-bond donors (Lipinski definition) is 6. The zero-order chi connectivity index (χ0) is 60.9. The molecule has 0 aliphatic carbocycles. The van der Waals surface area contributed by atoms with Gasteiger partial charge >= 0.3 is 12.1 Å². The molecule has 0 spiro atoms. The van der Waals surface area contributed by atoms with E-state index in [0.717, 1.165) is 118 Å². The summed E-state index contributed by atoms with van der Waals surface area (Å²) in [6.45, 7) is 21.8. The molecule has 448 valence electrons. The Kier molecular flexibility index (Phi) is 16.9. The van der Waals surface area contributed by atoms with E-state index in [-0.39, 0.29) is 46.0 Å². The van der Waals surface area contributed by atoms with Gasteiger partial charge in [-0.2, -0.15) is 0 Å². The standard InChI is InChI=1S/C35H39Cl2N5O2.C35H41N5O2/c1-19-12-20(2)14-22(13-19)32-31(21(3)18-38-34(44)39-24-16-29(36)41-30(37)17-24)27-15-23(6-11-28(27)40-32)35(4,5)33(43)42-25-7-8-26(42)10-9-25;1-21-16-22(2)18-24(17-21)32-31(23(3)20-37-34(42)38-26-12-14-36-15-13-26)29-19-25(6-11-30(29)39-32)35(4,5)33(41)40-27-7-8-28(40)10-9-27/h6,11-17,21,25-26,40H,7-10,18H2,1-5H3,(H2,38,39,41,44);6,11-19,23,27-28,39H,7-10,20H2,1-5H3,(H2,36,37,38,42)/t21-,25?,26?;23-,27?,28?/m11/s1. The summed E-state index contributed by atoms with van der Waals surface area (Å²) in [6.07, 6.45) is 12.3. The van der Waals surface area contributed by atoms with Gasteiger partial charge in [-0.15, -0.1) is 0 Å². The zero-order valence-electron chi connectivity index (χ0n) is 51.1. The molecule has 0 radical (unpaired) electrons. The molecule has 2 atom stereocenters. The quantitative estimate of drug-likeness (QED) is 0.0590. The molecule has 4 aromatic carbocycles. The Morgan fingerprint density at radius 1 is 0.523 bits per heavy atom. The summed E-state index contributed by atoms with van der Waals surface area (Å²) >= 11 is 12.0. The lowest BCUT2D eigenvalue weighted by Crippen LogP contribution is -2.45. The van der Waals surface area contributed by atoms with Crippen LogP contribution in [0.3, 0.4) is 0 Å². The number of anilines is 2. The van der Waals surface area contributed by atoms with Gasteiger partial charge in [0.05, 0.1) is 22.2 Å². The smallest absolute Gasteiger partial charge is 0.319 e. The van der Waals surface area contributed by atoms with Crippen molar-refractivity contribution in [1.82, 2.24) is 40.4 Å². The van der Waals surface area contributed by atoms with Crippen molar-refractivity contribution in [1.29, 1.82) is 0 Å². The van der Waals surface area contributed by atoms with E-state index in [9.17, 15) is 19.2 Å². The van der Waals surface area contributed by atoms with E-state index in [1.807, 2.05) is 0 Å². The summed E-state index contributed by atoms with van der Waals surface area (Å²) in [5.41, 5.74) is 15.2. The third kappa shape index (κ3) is 12.2. The first kappa shape index (κ1) is 60.0. The van der Waals surface area contributed by atoms with Crippen LogP contribution in [0.15, 0.2) is 109 Å². The second-order valence-electron chi connectivity index (χ2n) is 25.9. The average molecular weight is 1200 g/mol. The maximum absolute atomic E-state index is 14.0. The van der Waals surface area contributed by atoms with E-state index >= 15 is 0 Å². The zero-order valence-corrected chi connectivity index (χ0v) is 52.6. The predicted molar refractivity (Wildman–Crippen MR) is 348 cm³/mol. The van der Waals surface area contributed by atoms with Gasteiger partial charge in [0.1, 0.15) is 10.3 Å². The molecule has 0 unspecified atom stereocenters. The van der Waals surface area contributed by atoms with Gasteiger partial charge in [-0.05, 0) is 213 Å².